The number of nitrogens with one attached hydrogen (secondary N) is 1. The van der Waals surface area contributed by atoms with Crippen LogP contribution in [0.1, 0.15) is 60.8 Å². The van der Waals surface area contributed by atoms with Crippen molar-refractivity contribution < 1.29 is 9.53 Å². The van der Waals surface area contributed by atoms with E-state index in [4.69, 9.17) is 4.74 Å². The van der Waals surface area contributed by atoms with Crippen LogP contribution in [0.4, 0.5) is 0 Å². The van der Waals surface area contributed by atoms with Gasteiger partial charge in [0, 0.05) is 12.1 Å². The van der Waals surface area contributed by atoms with Crippen molar-refractivity contribution in [1.29, 1.82) is 0 Å². The zero-order valence-corrected chi connectivity index (χ0v) is 14.5. The van der Waals surface area contributed by atoms with Gasteiger partial charge in [-0.3, -0.25) is 9.69 Å². The van der Waals surface area contributed by atoms with Gasteiger partial charge < -0.3 is 10.1 Å². The van der Waals surface area contributed by atoms with E-state index in [1.54, 1.807) is 0 Å². The summed E-state index contributed by atoms with van der Waals surface area (Å²) in [6.07, 6.45) is 2.89. The lowest BCUT2D eigenvalue weighted by Gasteiger charge is -2.38. The molecular weight excluding hydrogens is 252 g/mol. The molecule has 4 heteroatoms. The number of hydrogen-bond donors (Lipinski definition) is 1. The minimum absolute atomic E-state index is 0.169. The van der Waals surface area contributed by atoms with Crippen molar-refractivity contribution >= 4 is 5.97 Å². The topological polar surface area (TPSA) is 41.6 Å². The zero-order valence-electron chi connectivity index (χ0n) is 14.5. The van der Waals surface area contributed by atoms with Crippen molar-refractivity contribution in [2.45, 2.75) is 78.4 Å². The van der Waals surface area contributed by atoms with Crippen LogP contribution in [-0.4, -0.2) is 48.7 Å². The number of nitrogens with zero attached hydrogens (tertiary/aromatic N) is 1. The van der Waals surface area contributed by atoms with Crippen molar-refractivity contribution in [3.8, 4) is 0 Å². The van der Waals surface area contributed by atoms with Crippen molar-refractivity contribution in [3.05, 3.63) is 0 Å². The highest BCUT2D eigenvalue weighted by atomic mass is 16.5. The van der Waals surface area contributed by atoms with Crippen molar-refractivity contribution in [2.75, 3.05) is 20.2 Å². The summed E-state index contributed by atoms with van der Waals surface area (Å²) < 4.78 is 4.99. The number of carbonyl (C=O) groups excluding carboxylic acids is 1. The van der Waals surface area contributed by atoms with Gasteiger partial charge in [0.2, 0.25) is 0 Å². The number of carbonyl (C=O) groups is 1. The van der Waals surface area contributed by atoms with Gasteiger partial charge in [0.25, 0.3) is 0 Å². The van der Waals surface area contributed by atoms with E-state index in [0.29, 0.717) is 12.1 Å². The van der Waals surface area contributed by atoms with Crippen LogP contribution in [0, 0.1) is 0 Å². The normalized spacial score (nSPS) is 16.2. The van der Waals surface area contributed by atoms with E-state index < -0.39 is 5.54 Å². The van der Waals surface area contributed by atoms with Gasteiger partial charge in [0.15, 0.2) is 0 Å². The highest BCUT2D eigenvalue weighted by Crippen LogP contribution is 2.20. The maximum absolute atomic E-state index is 12.1. The molecule has 0 aromatic rings. The molecule has 0 aliphatic rings. The Hall–Kier alpha value is -0.610. The SMILES string of the molecule is CCCNC(C)(CC(C)N(CCC)C(C)C)C(=O)OC. The fourth-order valence-electron chi connectivity index (χ4n) is 2.81. The van der Waals surface area contributed by atoms with E-state index in [-0.39, 0.29) is 5.97 Å². The first-order chi connectivity index (χ1) is 9.32. The fourth-order valence-corrected chi connectivity index (χ4v) is 2.81. The van der Waals surface area contributed by atoms with Gasteiger partial charge in [-0.2, -0.15) is 0 Å². The first-order valence-corrected chi connectivity index (χ1v) is 7.91. The summed E-state index contributed by atoms with van der Waals surface area (Å²) in [5.41, 5.74) is -0.606. The number of methoxy groups -OCH3 is 1. The molecule has 120 valence electrons. The molecule has 20 heavy (non-hydrogen) atoms. The second-order valence-electron chi connectivity index (χ2n) is 6.14. The summed E-state index contributed by atoms with van der Waals surface area (Å²) in [6, 6.07) is 0.821. The molecule has 2 unspecified atom stereocenters. The van der Waals surface area contributed by atoms with Crippen LogP contribution in [0.2, 0.25) is 0 Å². The van der Waals surface area contributed by atoms with Crippen LogP contribution in [0.5, 0.6) is 0 Å². The molecule has 0 radical (unpaired) electrons. The third-order valence-corrected chi connectivity index (χ3v) is 3.82. The molecule has 0 aliphatic heterocycles. The minimum Gasteiger partial charge on any atom is -0.468 e. The standard InChI is InChI=1S/C16H34N2O2/c1-8-10-17-16(6,15(19)20-7)12-14(5)18(11-9-2)13(3)4/h13-14,17H,8-12H2,1-7H3. The summed E-state index contributed by atoms with van der Waals surface area (Å²) in [5, 5.41) is 3.36. The van der Waals surface area contributed by atoms with Gasteiger partial charge >= 0.3 is 5.97 Å². The molecule has 4 nitrogen and oxygen atoms in total. The van der Waals surface area contributed by atoms with E-state index in [2.05, 4.69) is 44.8 Å². The molecule has 2 atom stereocenters. The lowest BCUT2D eigenvalue weighted by atomic mass is 9.92. The summed E-state index contributed by atoms with van der Waals surface area (Å²) >= 11 is 0. The van der Waals surface area contributed by atoms with Crippen LogP contribution in [0.25, 0.3) is 0 Å². The maximum atomic E-state index is 12.1. The van der Waals surface area contributed by atoms with Crippen LogP contribution >= 0.6 is 0 Å². The van der Waals surface area contributed by atoms with Crippen LogP contribution in [0.15, 0.2) is 0 Å². The molecule has 0 aromatic heterocycles. The van der Waals surface area contributed by atoms with E-state index in [9.17, 15) is 4.79 Å². The van der Waals surface area contributed by atoms with Gasteiger partial charge in [-0.1, -0.05) is 13.8 Å². The lowest BCUT2D eigenvalue weighted by molar-refractivity contribution is -0.149. The molecule has 0 fully saturated rings. The second kappa shape index (κ2) is 9.35. The Kier molecular flexibility index (Phi) is 9.06. The monoisotopic (exact) mass is 286 g/mol. The fraction of sp³-hybridized carbons (Fsp3) is 0.938. The van der Waals surface area contributed by atoms with Crippen LogP contribution in [-0.2, 0) is 9.53 Å². The Labute approximate surface area is 125 Å². The lowest BCUT2D eigenvalue weighted by Crippen LogP contribution is -2.55. The summed E-state index contributed by atoms with van der Waals surface area (Å²) in [7, 11) is 1.46. The molecule has 0 saturated carbocycles. The Morgan fingerprint density at radius 2 is 1.85 bits per heavy atom. The third kappa shape index (κ3) is 5.80. The quantitative estimate of drug-likeness (QED) is 0.627. The second-order valence-corrected chi connectivity index (χ2v) is 6.14. The van der Waals surface area contributed by atoms with Crippen molar-refractivity contribution in [3.63, 3.8) is 0 Å². The smallest absolute Gasteiger partial charge is 0.325 e. The largest absolute Gasteiger partial charge is 0.468 e. The average molecular weight is 286 g/mol. The van der Waals surface area contributed by atoms with Gasteiger partial charge in [-0.25, -0.2) is 0 Å². The number of esters is 1. The molecule has 0 amide bonds. The molecule has 0 rings (SSSR count). The van der Waals surface area contributed by atoms with Crippen LogP contribution < -0.4 is 5.32 Å². The predicted molar refractivity (Wildman–Crippen MR) is 84.9 cm³/mol. The van der Waals surface area contributed by atoms with E-state index in [0.717, 1.165) is 32.4 Å². The Balaban J connectivity index is 4.89. The minimum atomic E-state index is -0.606. The summed E-state index contributed by atoms with van der Waals surface area (Å²) in [5.74, 6) is -0.169. The molecule has 0 heterocycles. The summed E-state index contributed by atoms with van der Waals surface area (Å²) in [6.45, 7) is 14.8. The molecule has 0 bridgehead atoms. The Bertz CT molecular complexity index is 282. The highest BCUT2D eigenvalue weighted by Gasteiger charge is 2.36. The number of hydrogen-bond acceptors (Lipinski definition) is 4. The van der Waals surface area contributed by atoms with E-state index in [1.807, 2.05) is 6.92 Å². The molecule has 1 N–H and O–H groups in total. The summed E-state index contributed by atoms with van der Waals surface area (Å²) in [4.78, 5) is 14.6. The Morgan fingerprint density at radius 1 is 1.25 bits per heavy atom. The molecular formula is C16H34N2O2. The maximum Gasteiger partial charge on any atom is 0.325 e. The van der Waals surface area contributed by atoms with Gasteiger partial charge in [0.1, 0.15) is 5.54 Å². The van der Waals surface area contributed by atoms with Crippen LogP contribution in [0.3, 0.4) is 0 Å². The first-order valence-electron chi connectivity index (χ1n) is 7.91. The molecule has 0 saturated heterocycles. The van der Waals surface area contributed by atoms with Gasteiger partial charge in [0.05, 0.1) is 7.11 Å². The Morgan fingerprint density at radius 3 is 2.25 bits per heavy atom. The third-order valence-electron chi connectivity index (χ3n) is 3.82. The molecule has 0 aromatic carbocycles. The van der Waals surface area contributed by atoms with Gasteiger partial charge in [-0.15, -0.1) is 0 Å². The number of rotatable bonds is 10. The number of ether oxygens (including phenoxy) is 1. The highest BCUT2D eigenvalue weighted by molar-refractivity contribution is 5.80. The van der Waals surface area contributed by atoms with E-state index >= 15 is 0 Å². The predicted octanol–water partition coefficient (Wildman–Crippen LogP) is 2.82. The van der Waals surface area contributed by atoms with Crippen molar-refractivity contribution in [1.82, 2.24) is 10.2 Å². The molecule has 0 spiro atoms. The van der Waals surface area contributed by atoms with E-state index in [1.165, 1.54) is 7.11 Å². The average Bonchev–Trinajstić information content (AvgIpc) is 2.40. The zero-order chi connectivity index (χ0) is 15.8. The first kappa shape index (κ1) is 19.4. The molecule has 0 aliphatic carbocycles. The van der Waals surface area contributed by atoms with Crippen molar-refractivity contribution in [2.24, 2.45) is 0 Å². The van der Waals surface area contributed by atoms with Gasteiger partial charge in [-0.05, 0) is 60.0 Å².